The lowest BCUT2D eigenvalue weighted by Gasteiger charge is -2.23. The van der Waals surface area contributed by atoms with E-state index in [1.165, 1.54) is 12.8 Å². The molecule has 2 rings (SSSR count). The van der Waals surface area contributed by atoms with Crippen molar-refractivity contribution in [2.45, 2.75) is 51.1 Å². The highest BCUT2D eigenvalue weighted by molar-refractivity contribution is 14.1. The van der Waals surface area contributed by atoms with Gasteiger partial charge in [0.2, 0.25) is 0 Å². The van der Waals surface area contributed by atoms with Crippen molar-refractivity contribution < 1.29 is 18.9 Å². The Morgan fingerprint density at radius 2 is 1.63 bits per heavy atom. The Morgan fingerprint density at radius 1 is 1.00 bits per heavy atom. The number of rotatable bonds is 6. The molecule has 0 bridgehead atoms. The van der Waals surface area contributed by atoms with Gasteiger partial charge in [0.1, 0.15) is 0 Å². The predicted octanol–water partition coefficient (Wildman–Crippen LogP) is 3.39. The summed E-state index contributed by atoms with van der Waals surface area (Å²) in [5.41, 5.74) is 0. The second-order valence-electron chi connectivity index (χ2n) is 4.89. The fraction of sp³-hybridized carbons (Fsp3) is 0.857. The van der Waals surface area contributed by atoms with Crippen LogP contribution >= 0.6 is 22.6 Å². The summed E-state index contributed by atoms with van der Waals surface area (Å²) in [4.78, 5) is 0. The second-order valence-corrected chi connectivity index (χ2v) is 6.27. The maximum atomic E-state index is 5.70. The molecule has 0 N–H and O–H groups in total. The number of ether oxygens (including phenoxy) is 4. The third-order valence-electron chi connectivity index (χ3n) is 3.27. The van der Waals surface area contributed by atoms with Crippen molar-refractivity contribution in [2.24, 2.45) is 0 Å². The van der Waals surface area contributed by atoms with Crippen LogP contribution in [0, 0.1) is 0 Å². The van der Waals surface area contributed by atoms with Crippen LogP contribution in [0.5, 0.6) is 0 Å². The first-order chi connectivity index (χ1) is 9.34. The van der Waals surface area contributed by atoms with Crippen LogP contribution in [0.25, 0.3) is 0 Å². The summed E-state index contributed by atoms with van der Waals surface area (Å²) >= 11 is 2.29. The second kappa shape index (κ2) is 9.28. The zero-order chi connectivity index (χ0) is 13.3. The molecule has 19 heavy (non-hydrogen) atoms. The lowest BCUT2D eigenvalue weighted by atomic mass is 10.2. The first kappa shape index (κ1) is 15.7. The van der Waals surface area contributed by atoms with Gasteiger partial charge in [0.05, 0.1) is 13.2 Å². The SMILES string of the molecule is I/C(=C\COC1CCCCO1)COC1CCCCO1. The van der Waals surface area contributed by atoms with Crippen LogP contribution in [0.3, 0.4) is 0 Å². The zero-order valence-corrected chi connectivity index (χ0v) is 13.5. The number of hydrogen-bond acceptors (Lipinski definition) is 4. The normalized spacial score (nSPS) is 29.4. The van der Waals surface area contributed by atoms with E-state index >= 15 is 0 Å². The monoisotopic (exact) mass is 382 g/mol. The van der Waals surface area contributed by atoms with Gasteiger partial charge in [-0.05, 0) is 67.2 Å². The molecule has 110 valence electrons. The Morgan fingerprint density at radius 3 is 2.21 bits per heavy atom. The molecule has 0 saturated carbocycles. The fourth-order valence-corrected chi connectivity index (χ4v) is 2.52. The third-order valence-corrected chi connectivity index (χ3v) is 4.02. The molecular formula is C14H23IO4. The van der Waals surface area contributed by atoms with Crippen LogP contribution in [0.2, 0.25) is 0 Å². The van der Waals surface area contributed by atoms with Crippen molar-refractivity contribution in [1.29, 1.82) is 0 Å². The smallest absolute Gasteiger partial charge is 0.158 e. The Balaban J connectivity index is 1.56. The zero-order valence-electron chi connectivity index (χ0n) is 11.3. The molecule has 2 saturated heterocycles. The third kappa shape index (κ3) is 6.53. The van der Waals surface area contributed by atoms with Gasteiger partial charge in [-0.1, -0.05) is 0 Å². The molecule has 5 heteroatoms. The Bertz CT molecular complexity index is 271. The summed E-state index contributed by atoms with van der Waals surface area (Å²) in [5.74, 6) is 0. The van der Waals surface area contributed by atoms with E-state index in [4.69, 9.17) is 18.9 Å². The van der Waals surface area contributed by atoms with Gasteiger partial charge in [-0.2, -0.15) is 0 Å². The average molecular weight is 382 g/mol. The highest BCUT2D eigenvalue weighted by Crippen LogP contribution is 2.17. The molecule has 2 aliphatic heterocycles. The van der Waals surface area contributed by atoms with Crippen molar-refractivity contribution in [3.63, 3.8) is 0 Å². The Hall–Kier alpha value is 0.310. The number of halogens is 1. The van der Waals surface area contributed by atoms with E-state index in [0.717, 1.165) is 42.5 Å². The molecule has 4 nitrogen and oxygen atoms in total. The molecule has 0 aliphatic carbocycles. The van der Waals surface area contributed by atoms with Crippen molar-refractivity contribution in [3.05, 3.63) is 9.66 Å². The molecule has 2 atom stereocenters. The molecule has 0 aromatic heterocycles. The van der Waals surface area contributed by atoms with Crippen LogP contribution < -0.4 is 0 Å². The van der Waals surface area contributed by atoms with E-state index in [0.29, 0.717) is 13.2 Å². The summed E-state index contributed by atoms with van der Waals surface area (Å²) in [6.45, 7) is 2.86. The van der Waals surface area contributed by atoms with Gasteiger partial charge in [-0.25, -0.2) is 0 Å². The molecular weight excluding hydrogens is 359 g/mol. The topological polar surface area (TPSA) is 36.9 Å². The van der Waals surface area contributed by atoms with E-state index in [9.17, 15) is 0 Å². The summed E-state index contributed by atoms with van der Waals surface area (Å²) in [7, 11) is 0. The van der Waals surface area contributed by atoms with Crippen LogP contribution in [0.15, 0.2) is 9.66 Å². The van der Waals surface area contributed by atoms with Crippen molar-refractivity contribution >= 4 is 22.6 Å². The van der Waals surface area contributed by atoms with E-state index < -0.39 is 0 Å². The minimum atomic E-state index is -0.0190. The lowest BCUT2D eigenvalue weighted by molar-refractivity contribution is -0.158. The van der Waals surface area contributed by atoms with E-state index in [1.807, 2.05) is 0 Å². The first-order valence-corrected chi connectivity index (χ1v) is 8.23. The summed E-state index contributed by atoms with van der Waals surface area (Å²) in [6, 6.07) is 0. The first-order valence-electron chi connectivity index (χ1n) is 7.15. The van der Waals surface area contributed by atoms with Gasteiger partial charge in [-0.15, -0.1) is 0 Å². The molecule has 0 aromatic carbocycles. The molecule has 2 fully saturated rings. The van der Waals surface area contributed by atoms with Gasteiger partial charge in [-0.3, -0.25) is 0 Å². The van der Waals surface area contributed by atoms with Crippen molar-refractivity contribution in [1.82, 2.24) is 0 Å². The molecule has 0 aromatic rings. The minimum absolute atomic E-state index is 0.0169. The standard InChI is InChI=1S/C14H23IO4/c15-12(11-19-14-6-2-4-9-17-14)7-10-18-13-5-1-3-8-16-13/h7,13-14H,1-6,8-11H2/b12-7-. The maximum absolute atomic E-state index is 5.70. The number of hydrogen-bond donors (Lipinski definition) is 0. The van der Waals surface area contributed by atoms with Crippen molar-refractivity contribution in [2.75, 3.05) is 26.4 Å². The summed E-state index contributed by atoms with van der Waals surface area (Å²) in [5, 5.41) is 0. The maximum Gasteiger partial charge on any atom is 0.158 e. The lowest BCUT2D eigenvalue weighted by Crippen LogP contribution is -2.23. The molecule has 2 heterocycles. The molecule has 2 aliphatic rings. The largest absolute Gasteiger partial charge is 0.353 e. The molecule has 0 amide bonds. The van der Waals surface area contributed by atoms with Gasteiger partial charge in [0.25, 0.3) is 0 Å². The highest BCUT2D eigenvalue weighted by atomic mass is 127. The Labute approximate surface area is 128 Å². The quantitative estimate of drug-likeness (QED) is 0.660. The van der Waals surface area contributed by atoms with Crippen molar-refractivity contribution in [3.8, 4) is 0 Å². The highest BCUT2D eigenvalue weighted by Gasteiger charge is 2.15. The van der Waals surface area contributed by atoms with E-state index in [1.54, 1.807) is 0 Å². The van der Waals surface area contributed by atoms with Crippen LogP contribution in [0.4, 0.5) is 0 Å². The van der Waals surface area contributed by atoms with Gasteiger partial charge < -0.3 is 18.9 Å². The van der Waals surface area contributed by atoms with Gasteiger partial charge in [0.15, 0.2) is 12.6 Å². The van der Waals surface area contributed by atoms with Gasteiger partial charge in [0, 0.05) is 16.8 Å². The average Bonchev–Trinajstić information content (AvgIpc) is 2.47. The molecule has 0 spiro atoms. The summed E-state index contributed by atoms with van der Waals surface area (Å²) < 4.78 is 23.5. The van der Waals surface area contributed by atoms with Crippen LogP contribution in [0.1, 0.15) is 38.5 Å². The Kier molecular flexibility index (Phi) is 7.67. The van der Waals surface area contributed by atoms with Gasteiger partial charge >= 0.3 is 0 Å². The molecule has 0 radical (unpaired) electrons. The fourth-order valence-electron chi connectivity index (χ4n) is 2.16. The van der Waals surface area contributed by atoms with Crippen LogP contribution in [-0.4, -0.2) is 39.0 Å². The van der Waals surface area contributed by atoms with E-state index in [-0.39, 0.29) is 12.6 Å². The minimum Gasteiger partial charge on any atom is -0.353 e. The van der Waals surface area contributed by atoms with Crippen LogP contribution in [-0.2, 0) is 18.9 Å². The molecule has 2 unspecified atom stereocenters. The summed E-state index contributed by atoms with van der Waals surface area (Å²) in [6.07, 6.45) is 8.76. The predicted molar refractivity (Wildman–Crippen MR) is 81.2 cm³/mol. The van der Waals surface area contributed by atoms with E-state index in [2.05, 4.69) is 28.7 Å².